The third kappa shape index (κ3) is 4.02. The number of ether oxygens (including phenoxy) is 2. The fourth-order valence-electron chi connectivity index (χ4n) is 5.93. The van der Waals surface area contributed by atoms with E-state index in [0.717, 1.165) is 57.6 Å². The first-order valence-electron chi connectivity index (χ1n) is 12.1. The van der Waals surface area contributed by atoms with Crippen molar-refractivity contribution in [2.24, 2.45) is 5.92 Å². The largest absolute Gasteiger partial charge is 0.490 e. The molecule has 6 rings (SSSR count). The Balaban J connectivity index is 1.04. The van der Waals surface area contributed by atoms with Gasteiger partial charge in [-0.2, -0.15) is 0 Å². The predicted octanol–water partition coefficient (Wildman–Crippen LogP) is 2.68. The van der Waals surface area contributed by atoms with E-state index in [4.69, 9.17) is 19.0 Å². The van der Waals surface area contributed by atoms with Crippen molar-refractivity contribution in [1.29, 1.82) is 0 Å². The number of aromatic nitrogens is 2. The fraction of sp³-hybridized carbons (Fsp3) is 0.625. The second-order valence-corrected chi connectivity index (χ2v) is 10.2. The Kier molecular flexibility index (Phi) is 5.44. The van der Waals surface area contributed by atoms with Gasteiger partial charge in [-0.1, -0.05) is 5.10 Å². The van der Waals surface area contributed by atoms with Crippen LogP contribution < -0.4 is 9.64 Å². The molecule has 3 saturated heterocycles. The Labute approximate surface area is 196 Å². The van der Waals surface area contributed by atoms with Crippen LogP contribution in [-0.2, 0) is 9.53 Å². The van der Waals surface area contributed by atoms with Crippen molar-refractivity contribution in [3.63, 3.8) is 0 Å². The molecule has 0 radical (unpaired) electrons. The van der Waals surface area contributed by atoms with Gasteiger partial charge in [0.15, 0.2) is 0 Å². The lowest BCUT2D eigenvalue weighted by Gasteiger charge is -2.46. The molecular weight excluding hydrogens is 443 g/mol. The highest BCUT2D eigenvalue weighted by Gasteiger charge is 2.52. The normalized spacial score (nSPS) is 29.1. The molecule has 34 heavy (non-hydrogen) atoms. The van der Waals surface area contributed by atoms with E-state index in [1.807, 2.05) is 4.90 Å². The van der Waals surface area contributed by atoms with Gasteiger partial charge in [0.25, 0.3) is 0 Å². The van der Waals surface area contributed by atoms with Gasteiger partial charge in [-0.05, 0) is 69.3 Å². The number of carboxylic acid groups (broad SMARTS) is 1. The highest BCUT2D eigenvalue weighted by Crippen LogP contribution is 2.42. The van der Waals surface area contributed by atoms with Crippen LogP contribution in [0.25, 0.3) is 0 Å². The Morgan fingerprint density at radius 2 is 2.03 bits per heavy atom. The summed E-state index contributed by atoms with van der Waals surface area (Å²) in [6.07, 6.45) is 5.11. The average molecular weight is 473 g/mol. The Morgan fingerprint density at radius 1 is 1.24 bits per heavy atom. The van der Waals surface area contributed by atoms with E-state index in [1.54, 1.807) is 12.1 Å². The summed E-state index contributed by atoms with van der Waals surface area (Å²) in [7, 11) is 0. The van der Waals surface area contributed by atoms with E-state index < -0.39 is 5.97 Å². The summed E-state index contributed by atoms with van der Waals surface area (Å²) in [5, 5.41) is 16.8. The third-order valence-electron chi connectivity index (χ3n) is 7.96. The first kappa shape index (κ1) is 21.8. The van der Waals surface area contributed by atoms with Gasteiger partial charge in [0.1, 0.15) is 23.3 Å². The molecule has 1 unspecified atom stereocenters. The molecule has 3 aliphatic heterocycles. The molecule has 0 bridgehead atoms. The minimum atomic E-state index is -0.770. The molecule has 1 aromatic heterocycles. The molecule has 182 valence electrons. The SMILES string of the molecule is O=C(O)C1CC(Oc2ccc(F)cc2C2CCN(C3COC4(C3)CN(c3nnco3)C4)CC2)C1. The summed E-state index contributed by atoms with van der Waals surface area (Å²) in [5.41, 5.74) is 0.780. The lowest BCUT2D eigenvalue weighted by Crippen LogP contribution is -2.62. The second-order valence-electron chi connectivity index (χ2n) is 10.2. The first-order chi connectivity index (χ1) is 16.5. The summed E-state index contributed by atoms with van der Waals surface area (Å²) < 4.78 is 31.7. The van der Waals surface area contributed by atoms with Crippen molar-refractivity contribution < 1.29 is 28.2 Å². The van der Waals surface area contributed by atoms with Gasteiger partial charge in [0.05, 0.1) is 25.6 Å². The van der Waals surface area contributed by atoms with E-state index in [2.05, 4.69) is 15.1 Å². The predicted molar refractivity (Wildman–Crippen MR) is 118 cm³/mol. The Morgan fingerprint density at radius 3 is 2.74 bits per heavy atom. The highest BCUT2D eigenvalue weighted by molar-refractivity contribution is 5.71. The zero-order valence-electron chi connectivity index (χ0n) is 18.9. The zero-order valence-corrected chi connectivity index (χ0v) is 18.9. The summed E-state index contributed by atoms with van der Waals surface area (Å²) in [6, 6.07) is 5.65. The molecule has 2 aromatic rings. The number of hydrogen-bond acceptors (Lipinski definition) is 8. The molecule has 4 aliphatic rings. The molecule has 1 atom stereocenters. The molecule has 0 amide bonds. The van der Waals surface area contributed by atoms with E-state index in [-0.39, 0.29) is 29.4 Å². The zero-order chi connectivity index (χ0) is 23.3. The minimum Gasteiger partial charge on any atom is -0.490 e. The minimum absolute atomic E-state index is 0.105. The monoisotopic (exact) mass is 472 g/mol. The molecule has 1 spiro atoms. The van der Waals surface area contributed by atoms with Gasteiger partial charge in [0, 0.05) is 11.6 Å². The van der Waals surface area contributed by atoms with Crippen LogP contribution in [0.2, 0.25) is 0 Å². The maximum atomic E-state index is 14.1. The molecule has 1 aliphatic carbocycles. The molecule has 10 heteroatoms. The molecule has 4 fully saturated rings. The Hall–Kier alpha value is -2.72. The lowest BCUT2D eigenvalue weighted by molar-refractivity contribution is -0.147. The smallest absolute Gasteiger partial charge is 0.318 e. The molecule has 1 aromatic carbocycles. The van der Waals surface area contributed by atoms with Crippen molar-refractivity contribution >= 4 is 12.0 Å². The highest BCUT2D eigenvalue weighted by atomic mass is 19.1. The van der Waals surface area contributed by atoms with Crippen LogP contribution in [0.3, 0.4) is 0 Å². The summed E-state index contributed by atoms with van der Waals surface area (Å²) in [6.45, 7) is 4.14. The Bertz CT molecular complexity index is 1030. The second kappa shape index (κ2) is 8.49. The summed E-state index contributed by atoms with van der Waals surface area (Å²) >= 11 is 0. The number of anilines is 1. The van der Waals surface area contributed by atoms with Gasteiger partial charge in [-0.25, -0.2) is 4.39 Å². The maximum absolute atomic E-state index is 14.1. The number of likely N-dealkylation sites (tertiary alicyclic amines) is 1. The quantitative estimate of drug-likeness (QED) is 0.680. The van der Waals surface area contributed by atoms with Gasteiger partial charge in [-0.15, -0.1) is 5.10 Å². The van der Waals surface area contributed by atoms with E-state index in [0.29, 0.717) is 30.6 Å². The van der Waals surface area contributed by atoms with Crippen molar-refractivity contribution in [3.05, 3.63) is 36.0 Å². The number of hydrogen-bond donors (Lipinski definition) is 1. The number of piperidine rings is 1. The number of aliphatic carboxylic acids is 1. The van der Waals surface area contributed by atoms with Gasteiger partial charge in [-0.3, -0.25) is 9.69 Å². The van der Waals surface area contributed by atoms with Gasteiger partial charge < -0.3 is 23.9 Å². The van der Waals surface area contributed by atoms with Crippen LogP contribution in [-0.4, -0.2) is 76.7 Å². The van der Waals surface area contributed by atoms with Crippen molar-refractivity contribution in [2.45, 2.75) is 55.8 Å². The van der Waals surface area contributed by atoms with E-state index >= 15 is 0 Å². The van der Waals surface area contributed by atoms with Crippen molar-refractivity contribution in [3.8, 4) is 5.75 Å². The standard InChI is InChI=1S/C24H29FN4O5/c25-17-1-2-21(34-19-7-16(8-19)22(30)31)20(9-17)15-3-5-28(6-4-15)18-10-24(33-11-18)12-29(13-24)23-27-26-14-32-23/h1-2,9,14-16,18-19H,3-8,10-13H2,(H,30,31). The van der Waals surface area contributed by atoms with Crippen LogP contribution in [0.1, 0.15) is 43.6 Å². The van der Waals surface area contributed by atoms with Gasteiger partial charge in [0.2, 0.25) is 6.39 Å². The average Bonchev–Trinajstić information content (AvgIpc) is 3.46. The number of carboxylic acids is 1. The number of carbonyl (C=O) groups is 1. The molecule has 1 saturated carbocycles. The number of rotatable bonds is 6. The van der Waals surface area contributed by atoms with Crippen LogP contribution in [0, 0.1) is 11.7 Å². The number of benzene rings is 1. The molecule has 4 heterocycles. The van der Waals surface area contributed by atoms with Crippen LogP contribution in [0.4, 0.5) is 10.4 Å². The number of nitrogens with zero attached hydrogens (tertiary/aromatic N) is 4. The molecular formula is C24H29FN4O5. The van der Waals surface area contributed by atoms with Crippen molar-refractivity contribution in [2.75, 3.05) is 37.7 Å². The lowest BCUT2D eigenvalue weighted by atomic mass is 9.82. The number of halogens is 1. The van der Waals surface area contributed by atoms with Crippen molar-refractivity contribution in [1.82, 2.24) is 15.1 Å². The maximum Gasteiger partial charge on any atom is 0.318 e. The molecule has 1 N–H and O–H groups in total. The van der Waals surface area contributed by atoms with Gasteiger partial charge >= 0.3 is 12.0 Å². The fourth-order valence-corrected chi connectivity index (χ4v) is 5.93. The molecule has 9 nitrogen and oxygen atoms in total. The van der Waals surface area contributed by atoms with E-state index in [9.17, 15) is 9.18 Å². The van der Waals surface area contributed by atoms with E-state index in [1.165, 1.54) is 12.5 Å². The van der Waals surface area contributed by atoms with Crippen LogP contribution >= 0.6 is 0 Å². The summed E-state index contributed by atoms with van der Waals surface area (Å²) in [4.78, 5) is 15.6. The third-order valence-corrected chi connectivity index (χ3v) is 7.96. The van der Waals surface area contributed by atoms with Crippen LogP contribution in [0.15, 0.2) is 29.0 Å². The summed E-state index contributed by atoms with van der Waals surface area (Å²) in [5.74, 6) is -0.432. The van der Waals surface area contributed by atoms with Crippen LogP contribution in [0.5, 0.6) is 5.75 Å². The first-order valence-corrected chi connectivity index (χ1v) is 12.1. The topological polar surface area (TPSA) is 101 Å².